The maximum atomic E-state index is 11.4. The molecule has 2 nitrogen and oxygen atoms in total. The molecule has 0 aromatic rings. The lowest BCUT2D eigenvalue weighted by molar-refractivity contribution is 0.426. The zero-order chi connectivity index (χ0) is 7.99. The summed E-state index contributed by atoms with van der Waals surface area (Å²) in [7, 11) is 0. The SMILES string of the molecule is CC1=CC(C)(C)P(=O)(Cl)O1. The monoisotopic (exact) mass is 180 g/mol. The molecule has 0 spiro atoms. The minimum Gasteiger partial charge on any atom is -0.437 e. The van der Waals surface area contributed by atoms with Crippen LogP contribution in [0.1, 0.15) is 20.8 Å². The zero-order valence-electron chi connectivity index (χ0n) is 6.22. The molecule has 0 aliphatic carbocycles. The van der Waals surface area contributed by atoms with Gasteiger partial charge in [-0.25, -0.2) is 0 Å². The molecule has 0 fully saturated rings. The van der Waals surface area contributed by atoms with Gasteiger partial charge < -0.3 is 4.52 Å². The highest BCUT2D eigenvalue weighted by Crippen LogP contribution is 2.68. The van der Waals surface area contributed by atoms with Crippen LogP contribution in [0.4, 0.5) is 0 Å². The van der Waals surface area contributed by atoms with Crippen LogP contribution in [0.5, 0.6) is 0 Å². The van der Waals surface area contributed by atoms with Crippen LogP contribution in [0, 0.1) is 0 Å². The van der Waals surface area contributed by atoms with Crippen LogP contribution < -0.4 is 0 Å². The summed E-state index contributed by atoms with van der Waals surface area (Å²) in [5, 5.41) is -0.501. The van der Waals surface area contributed by atoms with Crippen molar-refractivity contribution in [3.63, 3.8) is 0 Å². The third-order valence-electron chi connectivity index (χ3n) is 1.51. The van der Waals surface area contributed by atoms with Crippen LogP contribution >= 0.6 is 18.0 Å². The van der Waals surface area contributed by atoms with Gasteiger partial charge in [0.05, 0.1) is 10.9 Å². The quantitative estimate of drug-likeness (QED) is 0.536. The number of allylic oxidation sites excluding steroid dienone is 2. The number of rotatable bonds is 0. The largest absolute Gasteiger partial charge is 0.437 e. The van der Waals surface area contributed by atoms with Gasteiger partial charge in [-0.15, -0.1) is 0 Å². The van der Waals surface area contributed by atoms with Gasteiger partial charge in [-0.05, 0) is 38.1 Å². The van der Waals surface area contributed by atoms with Crippen LogP contribution in [0.2, 0.25) is 0 Å². The maximum Gasteiger partial charge on any atom is 0.345 e. The molecule has 0 saturated heterocycles. The second-order valence-corrected chi connectivity index (χ2v) is 6.61. The Kier molecular flexibility index (Phi) is 1.65. The smallest absolute Gasteiger partial charge is 0.345 e. The summed E-state index contributed by atoms with van der Waals surface area (Å²) in [5.41, 5.74) is 0. The van der Waals surface area contributed by atoms with Gasteiger partial charge >= 0.3 is 6.72 Å². The Labute approximate surface area is 65.5 Å². The highest BCUT2D eigenvalue weighted by molar-refractivity contribution is 7.86. The molecule has 58 valence electrons. The van der Waals surface area contributed by atoms with E-state index in [-0.39, 0.29) is 0 Å². The first-order valence-electron chi connectivity index (χ1n) is 3.04. The lowest BCUT2D eigenvalue weighted by Crippen LogP contribution is -2.09. The fourth-order valence-electron chi connectivity index (χ4n) is 0.904. The highest BCUT2D eigenvalue weighted by atomic mass is 35.7. The summed E-state index contributed by atoms with van der Waals surface area (Å²) in [6.07, 6.45) is 1.79. The molecule has 0 radical (unpaired) electrons. The van der Waals surface area contributed by atoms with E-state index in [4.69, 9.17) is 15.8 Å². The van der Waals surface area contributed by atoms with Crippen LogP contribution in [-0.4, -0.2) is 5.16 Å². The van der Waals surface area contributed by atoms with Gasteiger partial charge in [0.1, 0.15) is 0 Å². The Bertz CT molecular complexity index is 232. The third kappa shape index (κ3) is 1.11. The molecule has 10 heavy (non-hydrogen) atoms. The van der Waals surface area contributed by atoms with E-state index in [1.54, 1.807) is 26.8 Å². The Hall–Kier alpha value is 0.0600. The van der Waals surface area contributed by atoms with Crippen molar-refractivity contribution >= 4 is 18.0 Å². The predicted octanol–water partition coefficient (Wildman–Crippen LogP) is 3.13. The van der Waals surface area contributed by atoms with Crippen molar-refractivity contribution in [2.75, 3.05) is 0 Å². The molecule has 0 bridgehead atoms. The van der Waals surface area contributed by atoms with Crippen LogP contribution in [0.3, 0.4) is 0 Å². The Morgan fingerprint density at radius 2 is 2.20 bits per heavy atom. The fraction of sp³-hybridized carbons (Fsp3) is 0.667. The Morgan fingerprint density at radius 3 is 2.30 bits per heavy atom. The van der Waals surface area contributed by atoms with Crippen molar-refractivity contribution in [3.05, 3.63) is 11.8 Å². The van der Waals surface area contributed by atoms with Crippen molar-refractivity contribution in [3.8, 4) is 0 Å². The molecule has 0 N–H and O–H groups in total. The Morgan fingerprint density at radius 1 is 1.70 bits per heavy atom. The summed E-state index contributed by atoms with van der Waals surface area (Å²) < 4.78 is 16.3. The van der Waals surface area contributed by atoms with E-state index >= 15 is 0 Å². The zero-order valence-corrected chi connectivity index (χ0v) is 7.87. The minimum atomic E-state index is -2.92. The third-order valence-corrected chi connectivity index (χ3v) is 5.05. The average molecular weight is 181 g/mol. The number of hydrogen-bond donors (Lipinski definition) is 0. The van der Waals surface area contributed by atoms with E-state index in [1.807, 2.05) is 0 Å². The van der Waals surface area contributed by atoms with Crippen molar-refractivity contribution < 1.29 is 9.09 Å². The number of hydrogen-bond acceptors (Lipinski definition) is 2. The summed E-state index contributed by atoms with van der Waals surface area (Å²) in [6, 6.07) is 0. The Balaban J connectivity index is 3.04. The van der Waals surface area contributed by atoms with Crippen LogP contribution in [0.25, 0.3) is 0 Å². The molecule has 1 unspecified atom stereocenters. The number of halogens is 1. The first kappa shape index (κ1) is 8.16. The van der Waals surface area contributed by atoms with Crippen molar-refractivity contribution in [2.24, 2.45) is 0 Å². The van der Waals surface area contributed by atoms with Gasteiger partial charge in [0.25, 0.3) is 0 Å². The van der Waals surface area contributed by atoms with Crippen LogP contribution in [0.15, 0.2) is 11.8 Å². The molecule has 1 atom stereocenters. The van der Waals surface area contributed by atoms with E-state index < -0.39 is 11.9 Å². The standard InChI is InChI=1S/C6H10ClO2P/c1-5-4-6(2,3)10(7,8)9-5/h4H,1-3H3. The normalized spacial score (nSPS) is 37.0. The molecule has 1 aliphatic rings. The summed E-state index contributed by atoms with van der Waals surface area (Å²) >= 11 is 5.64. The van der Waals surface area contributed by atoms with E-state index in [0.29, 0.717) is 5.76 Å². The second-order valence-electron chi connectivity index (χ2n) is 2.98. The fourth-order valence-corrected chi connectivity index (χ4v) is 2.37. The predicted molar refractivity (Wildman–Crippen MR) is 42.4 cm³/mol. The highest BCUT2D eigenvalue weighted by Gasteiger charge is 2.44. The minimum absolute atomic E-state index is 0.501. The molecule has 0 amide bonds. The van der Waals surface area contributed by atoms with E-state index in [2.05, 4.69) is 0 Å². The van der Waals surface area contributed by atoms with Gasteiger partial charge in [0.2, 0.25) is 0 Å². The van der Waals surface area contributed by atoms with E-state index in [1.165, 1.54) is 0 Å². The van der Waals surface area contributed by atoms with Crippen molar-refractivity contribution in [1.29, 1.82) is 0 Å². The molecule has 4 heteroatoms. The van der Waals surface area contributed by atoms with E-state index in [9.17, 15) is 4.57 Å². The van der Waals surface area contributed by atoms with Crippen molar-refractivity contribution in [1.82, 2.24) is 0 Å². The van der Waals surface area contributed by atoms with Crippen molar-refractivity contribution in [2.45, 2.75) is 25.9 Å². The van der Waals surface area contributed by atoms with Gasteiger partial charge in [-0.2, -0.15) is 0 Å². The molecular formula is C6H10ClO2P. The van der Waals surface area contributed by atoms with Crippen LogP contribution in [-0.2, 0) is 9.09 Å². The lowest BCUT2D eigenvalue weighted by atomic mass is 10.2. The molecular weight excluding hydrogens is 170 g/mol. The molecule has 1 aliphatic heterocycles. The molecule has 0 aromatic carbocycles. The average Bonchev–Trinajstić information content (AvgIpc) is 1.73. The lowest BCUT2D eigenvalue weighted by Gasteiger charge is -2.17. The molecule has 0 aromatic heterocycles. The molecule has 0 saturated carbocycles. The topological polar surface area (TPSA) is 26.3 Å². The molecule has 1 rings (SSSR count). The first-order chi connectivity index (χ1) is 4.35. The summed E-state index contributed by atoms with van der Waals surface area (Å²) in [5.74, 6) is 0.656. The second kappa shape index (κ2) is 2.02. The maximum absolute atomic E-state index is 11.4. The van der Waals surface area contributed by atoms with Gasteiger partial charge in [0, 0.05) is 0 Å². The van der Waals surface area contributed by atoms with Gasteiger partial charge in [0.15, 0.2) is 0 Å². The van der Waals surface area contributed by atoms with E-state index in [0.717, 1.165) is 0 Å². The first-order valence-corrected chi connectivity index (χ1v) is 5.57. The van der Waals surface area contributed by atoms with Gasteiger partial charge in [-0.1, -0.05) is 0 Å². The van der Waals surface area contributed by atoms with Gasteiger partial charge in [-0.3, -0.25) is 4.57 Å². The summed E-state index contributed by atoms with van der Waals surface area (Å²) in [4.78, 5) is 0. The summed E-state index contributed by atoms with van der Waals surface area (Å²) in [6.45, 7) is 2.44. The molecule has 1 heterocycles.